The van der Waals surface area contributed by atoms with Gasteiger partial charge in [-0.25, -0.2) is 4.39 Å². The molecule has 20 heavy (non-hydrogen) atoms. The molecule has 1 N–H and O–H groups in total. The maximum atomic E-state index is 13.1. The van der Waals surface area contributed by atoms with Crippen LogP contribution in [0.5, 0.6) is 0 Å². The van der Waals surface area contributed by atoms with Gasteiger partial charge in [-0.05, 0) is 53.1 Å². The zero-order chi connectivity index (χ0) is 14.6. The van der Waals surface area contributed by atoms with Crippen molar-refractivity contribution in [3.05, 3.63) is 57.5 Å². The topological polar surface area (TPSA) is 12.0 Å². The Hall–Kier alpha value is -1.40. The van der Waals surface area contributed by atoms with E-state index in [2.05, 4.69) is 5.32 Å². The molecule has 0 aliphatic heterocycles. The molecule has 0 aliphatic carbocycles. The standard InChI is InChI=1S/C14H13F4NS/c15-13-2-1-11(7-12(13)14(16,17)18)8-19-5-3-10-4-6-20-9-10/h1-2,4,6-7,9,19H,3,5,8H2. The Morgan fingerprint density at radius 2 is 1.90 bits per heavy atom. The van der Waals surface area contributed by atoms with Crippen LogP contribution >= 0.6 is 11.3 Å². The highest BCUT2D eigenvalue weighted by molar-refractivity contribution is 7.07. The van der Waals surface area contributed by atoms with Crippen molar-refractivity contribution in [2.24, 2.45) is 0 Å². The number of alkyl halides is 3. The number of rotatable bonds is 5. The summed E-state index contributed by atoms with van der Waals surface area (Å²) < 4.78 is 50.7. The minimum atomic E-state index is -4.66. The third-order valence-electron chi connectivity index (χ3n) is 2.84. The van der Waals surface area contributed by atoms with Crippen molar-refractivity contribution < 1.29 is 17.6 Å². The minimum Gasteiger partial charge on any atom is -0.312 e. The third kappa shape index (κ3) is 4.05. The summed E-state index contributed by atoms with van der Waals surface area (Å²) in [6.45, 7) is 0.947. The fourth-order valence-corrected chi connectivity index (χ4v) is 2.50. The first-order valence-corrected chi connectivity index (χ1v) is 6.98. The van der Waals surface area contributed by atoms with Crippen molar-refractivity contribution >= 4 is 11.3 Å². The van der Waals surface area contributed by atoms with E-state index in [-0.39, 0.29) is 6.54 Å². The van der Waals surface area contributed by atoms with Gasteiger partial charge in [0, 0.05) is 6.54 Å². The molecule has 0 saturated carbocycles. The molecule has 0 saturated heterocycles. The van der Waals surface area contributed by atoms with Crippen LogP contribution in [0.2, 0.25) is 0 Å². The predicted octanol–water partition coefficient (Wildman–Crippen LogP) is 4.24. The Balaban J connectivity index is 1.90. The average molecular weight is 303 g/mol. The Labute approximate surface area is 118 Å². The monoisotopic (exact) mass is 303 g/mol. The average Bonchev–Trinajstić information content (AvgIpc) is 2.88. The molecule has 1 heterocycles. The molecule has 0 spiro atoms. The largest absolute Gasteiger partial charge is 0.419 e. The summed E-state index contributed by atoms with van der Waals surface area (Å²) in [5, 5.41) is 7.06. The van der Waals surface area contributed by atoms with Crippen molar-refractivity contribution in [2.75, 3.05) is 6.54 Å². The maximum absolute atomic E-state index is 13.1. The Morgan fingerprint density at radius 1 is 1.10 bits per heavy atom. The summed E-state index contributed by atoms with van der Waals surface area (Å²) in [5.74, 6) is -1.24. The highest BCUT2D eigenvalue weighted by atomic mass is 32.1. The van der Waals surface area contributed by atoms with E-state index in [1.807, 2.05) is 16.8 Å². The van der Waals surface area contributed by atoms with E-state index in [4.69, 9.17) is 0 Å². The van der Waals surface area contributed by atoms with Crippen LogP contribution in [-0.4, -0.2) is 6.54 Å². The van der Waals surface area contributed by atoms with E-state index < -0.39 is 17.6 Å². The molecule has 0 fully saturated rings. The highest BCUT2D eigenvalue weighted by Gasteiger charge is 2.34. The zero-order valence-corrected chi connectivity index (χ0v) is 11.3. The lowest BCUT2D eigenvalue weighted by molar-refractivity contribution is -0.140. The summed E-state index contributed by atoms with van der Waals surface area (Å²) in [6, 6.07) is 5.08. The quantitative estimate of drug-likeness (QED) is 0.643. The van der Waals surface area contributed by atoms with Crippen molar-refractivity contribution in [2.45, 2.75) is 19.1 Å². The van der Waals surface area contributed by atoms with Crippen LogP contribution in [0, 0.1) is 5.82 Å². The Kier molecular flexibility index (Phi) is 4.77. The number of hydrogen-bond donors (Lipinski definition) is 1. The molecule has 108 valence electrons. The van der Waals surface area contributed by atoms with Crippen LogP contribution in [0.15, 0.2) is 35.0 Å². The van der Waals surface area contributed by atoms with Crippen molar-refractivity contribution in [1.82, 2.24) is 5.32 Å². The third-order valence-corrected chi connectivity index (χ3v) is 3.57. The first kappa shape index (κ1) is 15.0. The van der Waals surface area contributed by atoms with Crippen LogP contribution in [0.4, 0.5) is 17.6 Å². The first-order valence-electron chi connectivity index (χ1n) is 6.04. The predicted molar refractivity (Wildman–Crippen MR) is 71.1 cm³/mol. The van der Waals surface area contributed by atoms with Crippen LogP contribution < -0.4 is 5.32 Å². The van der Waals surface area contributed by atoms with Crippen LogP contribution in [0.25, 0.3) is 0 Å². The molecule has 2 rings (SSSR count). The van der Waals surface area contributed by atoms with Gasteiger partial charge in [0.1, 0.15) is 5.82 Å². The van der Waals surface area contributed by atoms with Gasteiger partial charge in [0.2, 0.25) is 0 Å². The summed E-state index contributed by atoms with van der Waals surface area (Å²) in [5.41, 5.74) is 0.399. The number of thiophene rings is 1. The van der Waals surface area contributed by atoms with Crippen LogP contribution in [-0.2, 0) is 19.1 Å². The van der Waals surface area contributed by atoms with Gasteiger partial charge in [-0.2, -0.15) is 24.5 Å². The first-order chi connectivity index (χ1) is 9.47. The normalized spacial score (nSPS) is 11.8. The summed E-state index contributed by atoms with van der Waals surface area (Å²) >= 11 is 1.61. The summed E-state index contributed by atoms with van der Waals surface area (Å²) in [6.07, 6.45) is -3.84. The highest BCUT2D eigenvalue weighted by Crippen LogP contribution is 2.31. The molecule has 1 nitrogen and oxygen atoms in total. The number of hydrogen-bond acceptors (Lipinski definition) is 2. The van der Waals surface area contributed by atoms with Crippen LogP contribution in [0.1, 0.15) is 16.7 Å². The second-order valence-corrected chi connectivity index (χ2v) is 5.15. The van der Waals surface area contributed by atoms with Crippen molar-refractivity contribution in [3.8, 4) is 0 Å². The zero-order valence-electron chi connectivity index (χ0n) is 10.5. The summed E-state index contributed by atoms with van der Waals surface area (Å²) in [4.78, 5) is 0. The molecule has 1 aromatic carbocycles. The minimum absolute atomic E-state index is 0.285. The molecule has 0 bridgehead atoms. The molecule has 0 aliphatic rings. The smallest absolute Gasteiger partial charge is 0.312 e. The molecule has 0 atom stereocenters. The lowest BCUT2D eigenvalue weighted by atomic mass is 10.1. The van der Waals surface area contributed by atoms with E-state index >= 15 is 0 Å². The molecular weight excluding hydrogens is 290 g/mol. The number of nitrogens with one attached hydrogen (secondary N) is 1. The second kappa shape index (κ2) is 6.37. The lowest BCUT2D eigenvalue weighted by Crippen LogP contribution is -2.17. The lowest BCUT2D eigenvalue weighted by Gasteiger charge is -2.10. The SMILES string of the molecule is Fc1ccc(CNCCc2ccsc2)cc1C(F)(F)F. The molecule has 6 heteroatoms. The molecule has 1 aromatic heterocycles. The maximum Gasteiger partial charge on any atom is 0.419 e. The fourth-order valence-electron chi connectivity index (χ4n) is 1.80. The van der Waals surface area contributed by atoms with E-state index in [9.17, 15) is 17.6 Å². The van der Waals surface area contributed by atoms with Gasteiger partial charge >= 0.3 is 6.18 Å². The van der Waals surface area contributed by atoms with E-state index in [0.29, 0.717) is 12.1 Å². The number of halogens is 4. The van der Waals surface area contributed by atoms with Crippen molar-refractivity contribution in [1.29, 1.82) is 0 Å². The molecular formula is C14H13F4NS. The van der Waals surface area contributed by atoms with E-state index in [1.165, 1.54) is 11.6 Å². The van der Waals surface area contributed by atoms with E-state index in [0.717, 1.165) is 18.6 Å². The van der Waals surface area contributed by atoms with Gasteiger partial charge in [-0.1, -0.05) is 6.07 Å². The van der Waals surface area contributed by atoms with Gasteiger partial charge in [0.25, 0.3) is 0 Å². The summed E-state index contributed by atoms with van der Waals surface area (Å²) in [7, 11) is 0. The van der Waals surface area contributed by atoms with Gasteiger partial charge in [0.05, 0.1) is 5.56 Å². The Bertz CT molecular complexity index is 549. The number of benzene rings is 1. The molecule has 0 radical (unpaired) electrons. The van der Waals surface area contributed by atoms with Gasteiger partial charge in [0.15, 0.2) is 0 Å². The molecule has 0 amide bonds. The molecule has 0 unspecified atom stereocenters. The Morgan fingerprint density at radius 3 is 2.55 bits per heavy atom. The van der Waals surface area contributed by atoms with Crippen LogP contribution in [0.3, 0.4) is 0 Å². The fraction of sp³-hybridized carbons (Fsp3) is 0.286. The second-order valence-electron chi connectivity index (χ2n) is 4.37. The van der Waals surface area contributed by atoms with Gasteiger partial charge in [-0.15, -0.1) is 0 Å². The molecule has 2 aromatic rings. The van der Waals surface area contributed by atoms with E-state index in [1.54, 1.807) is 11.3 Å². The van der Waals surface area contributed by atoms with Gasteiger partial charge in [-0.3, -0.25) is 0 Å². The van der Waals surface area contributed by atoms with Crippen molar-refractivity contribution in [3.63, 3.8) is 0 Å². The van der Waals surface area contributed by atoms with Gasteiger partial charge < -0.3 is 5.32 Å².